The zero-order valence-corrected chi connectivity index (χ0v) is 14.6. The van der Waals surface area contributed by atoms with E-state index in [1.54, 1.807) is 34.1 Å². The van der Waals surface area contributed by atoms with E-state index in [4.69, 9.17) is 0 Å². The molecule has 1 aromatic carbocycles. The Labute approximate surface area is 142 Å². The molecule has 0 aromatic heterocycles. The molecule has 2 rings (SSSR count). The van der Waals surface area contributed by atoms with Crippen molar-refractivity contribution in [3.63, 3.8) is 0 Å². The molecule has 24 heavy (non-hydrogen) atoms. The lowest BCUT2D eigenvalue weighted by atomic mass is 10.2. The molecular formula is C16H23N3O4S. The molecule has 7 nitrogen and oxygen atoms in total. The maximum Gasteiger partial charge on any atom is 0.224 e. The van der Waals surface area contributed by atoms with E-state index in [0.29, 0.717) is 31.7 Å². The molecule has 1 saturated heterocycles. The maximum absolute atomic E-state index is 12.1. The minimum absolute atomic E-state index is 0.00997. The van der Waals surface area contributed by atoms with Crippen molar-refractivity contribution >= 4 is 21.8 Å². The lowest BCUT2D eigenvalue weighted by Crippen LogP contribution is -2.50. The summed E-state index contributed by atoms with van der Waals surface area (Å²) in [5.41, 5.74) is 0.705. The minimum Gasteiger partial charge on any atom is -0.339 e. The van der Waals surface area contributed by atoms with Crippen molar-refractivity contribution in [3.05, 3.63) is 35.9 Å². The minimum atomic E-state index is -3.45. The van der Waals surface area contributed by atoms with Crippen LogP contribution in [-0.4, -0.2) is 62.8 Å². The fourth-order valence-corrected chi connectivity index (χ4v) is 3.73. The van der Waals surface area contributed by atoms with Crippen LogP contribution in [0.4, 0.5) is 0 Å². The zero-order valence-electron chi connectivity index (χ0n) is 13.8. The van der Waals surface area contributed by atoms with Crippen LogP contribution in [0.3, 0.4) is 0 Å². The van der Waals surface area contributed by atoms with E-state index in [9.17, 15) is 18.0 Å². The maximum atomic E-state index is 12.1. The van der Waals surface area contributed by atoms with Gasteiger partial charge in [-0.15, -0.1) is 0 Å². The number of carbonyl (C=O) groups excluding carboxylic acids is 2. The summed E-state index contributed by atoms with van der Waals surface area (Å²) in [5, 5.41) is 0. The van der Waals surface area contributed by atoms with Gasteiger partial charge >= 0.3 is 0 Å². The number of amides is 2. The normalized spacial score (nSPS) is 15.4. The highest BCUT2D eigenvalue weighted by molar-refractivity contribution is 7.88. The van der Waals surface area contributed by atoms with Crippen molar-refractivity contribution in [1.82, 2.24) is 14.5 Å². The second-order valence-electron chi connectivity index (χ2n) is 5.78. The van der Waals surface area contributed by atoms with Crippen LogP contribution >= 0.6 is 0 Å². The summed E-state index contributed by atoms with van der Waals surface area (Å²) in [4.78, 5) is 26.7. The van der Waals surface area contributed by atoms with E-state index in [1.807, 2.05) is 6.07 Å². The molecule has 2 amide bonds. The van der Waals surface area contributed by atoms with Gasteiger partial charge in [-0.05, 0) is 5.56 Å². The van der Waals surface area contributed by atoms with E-state index >= 15 is 0 Å². The third-order valence-corrected chi connectivity index (χ3v) is 5.30. The smallest absolute Gasteiger partial charge is 0.224 e. The Balaban J connectivity index is 1.73. The van der Waals surface area contributed by atoms with Gasteiger partial charge in [-0.25, -0.2) is 13.1 Å². The molecule has 0 spiro atoms. The zero-order chi connectivity index (χ0) is 17.6. The van der Waals surface area contributed by atoms with Gasteiger partial charge < -0.3 is 9.80 Å². The predicted octanol–water partition coefficient (Wildman–Crippen LogP) is 0.187. The average molecular weight is 353 g/mol. The molecule has 1 aromatic rings. The van der Waals surface area contributed by atoms with Gasteiger partial charge in [-0.2, -0.15) is 0 Å². The van der Waals surface area contributed by atoms with Gasteiger partial charge in [0.15, 0.2) is 0 Å². The Hall–Kier alpha value is -1.93. The Morgan fingerprint density at radius 1 is 1.04 bits per heavy atom. The highest BCUT2D eigenvalue weighted by Gasteiger charge is 2.22. The molecule has 1 aliphatic heterocycles. The van der Waals surface area contributed by atoms with Crippen LogP contribution in [0.15, 0.2) is 30.3 Å². The summed E-state index contributed by atoms with van der Waals surface area (Å²) in [5.74, 6) is -0.185. The van der Waals surface area contributed by atoms with Gasteiger partial charge in [0.1, 0.15) is 0 Å². The Morgan fingerprint density at radius 2 is 1.62 bits per heavy atom. The number of hydrogen-bond donors (Lipinski definition) is 1. The largest absolute Gasteiger partial charge is 0.339 e. The standard InChI is InChI=1S/C16H23N3O4S/c1-14(20)18-9-11-19(12-10-18)16(21)7-8-17-24(22,23)13-15-5-3-2-4-6-15/h2-6,17H,7-13H2,1H3. The summed E-state index contributed by atoms with van der Waals surface area (Å²) in [6, 6.07) is 8.90. The summed E-state index contributed by atoms with van der Waals surface area (Å²) < 4.78 is 26.5. The Kier molecular flexibility index (Phi) is 6.33. The first-order chi connectivity index (χ1) is 11.4. The third-order valence-electron chi connectivity index (χ3n) is 3.94. The highest BCUT2D eigenvalue weighted by Crippen LogP contribution is 2.06. The summed E-state index contributed by atoms with van der Waals surface area (Å²) in [7, 11) is -3.45. The van der Waals surface area contributed by atoms with E-state index in [-0.39, 0.29) is 30.5 Å². The molecule has 8 heteroatoms. The van der Waals surface area contributed by atoms with Crippen molar-refractivity contribution < 1.29 is 18.0 Å². The van der Waals surface area contributed by atoms with Crippen LogP contribution < -0.4 is 4.72 Å². The highest BCUT2D eigenvalue weighted by atomic mass is 32.2. The second kappa shape index (κ2) is 8.25. The molecule has 0 unspecified atom stereocenters. The number of hydrogen-bond acceptors (Lipinski definition) is 4. The summed E-state index contributed by atoms with van der Waals surface area (Å²) in [6.45, 7) is 3.64. The van der Waals surface area contributed by atoms with Crippen molar-refractivity contribution in [1.29, 1.82) is 0 Å². The number of rotatable bonds is 6. The average Bonchev–Trinajstić information content (AvgIpc) is 2.55. The molecule has 0 radical (unpaired) electrons. The van der Waals surface area contributed by atoms with Crippen molar-refractivity contribution in [2.75, 3.05) is 32.7 Å². The number of carbonyl (C=O) groups is 2. The van der Waals surface area contributed by atoms with Crippen LogP contribution in [-0.2, 0) is 25.4 Å². The van der Waals surface area contributed by atoms with Gasteiger partial charge in [0.2, 0.25) is 21.8 Å². The second-order valence-corrected chi connectivity index (χ2v) is 7.58. The van der Waals surface area contributed by atoms with Crippen LogP contribution in [0, 0.1) is 0 Å². The van der Waals surface area contributed by atoms with Crippen molar-refractivity contribution in [3.8, 4) is 0 Å². The number of nitrogens with zero attached hydrogens (tertiary/aromatic N) is 2. The van der Waals surface area contributed by atoms with E-state index in [2.05, 4.69) is 4.72 Å². The Morgan fingerprint density at radius 3 is 2.21 bits per heavy atom. The molecule has 0 aliphatic carbocycles. The quantitative estimate of drug-likeness (QED) is 0.791. The molecule has 1 fully saturated rings. The van der Waals surface area contributed by atoms with Gasteiger partial charge in [0, 0.05) is 46.1 Å². The monoisotopic (exact) mass is 353 g/mol. The molecular weight excluding hydrogens is 330 g/mol. The van der Waals surface area contributed by atoms with Gasteiger partial charge in [-0.3, -0.25) is 9.59 Å². The first-order valence-electron chi connectivity index (χ1n) is 7.92. The molecule has 132 valence electrons. The van der Waals surface area contributed by atoms with Crippen LogP contribution in [0.2, 0.25) is 0 Å². The molecule has 0 atom stereocenters. The van der Waals surface area contributed by atoms with Crippen molar-refractivity contribution in [2.24, 2.45) is 0 Å². The third kappa shape index (κ3) is 5.61. The van der Waals surface area contributed by atoms with Gasteiger partial charge in [0.25, 0.3) is 0 Å². The molecule has 0 bridgehead atoms. The summed E-state index contributed by atoms with van der Waals surface area (Å²) >= 11 is 0. The molecule has 1 aliphatic rings. The lowest BCUT2D eigenvalue weighted by molar-refractivity contribution is -0.138. The number of benzene rings is 1. The lowest BCUT2D eigenvalue weighted by Gasteiger charge is -2.34. The number of nitrogens with one attached hydrogen (secondary N) is 1. The SMILES string of the molecule is CC(=O)N1CCN(C(=O)CCNS(=O)(=O)Cc2ccccc2)CC1. The van der Waals surface area contributed by atoms with Crippen LogP contribution in [0.1, 0.15) is 18.9 Å². The van der Waals surface area contributed by atoms with E-state index in [0.717, 1.165) is 0 Å². The molecule has 1 N–H and O–H groups in total. The van der Waals surface area contributed by atoms with Gasteiger partial charge in [0.05, 0.1) is 5.75 Å². The number of sulfonamides is 1. The first kappa shape index (κ1) is 18.4. The van der Waals surface area contributed by atoms with E-state index < -0.39 is 10.0 Å². The topological polar surface area (TPSA) is 86.8 Å². The fraction of sp³-hybridized carbons (Fsp3) is 0.500. The number of piperazine rings is 1. The van der Waals surface area contributed by atoms with Crippen molar-refractivity contribution in [2.45, 2.75) is 19.1 Å². The van der Waals surface area contributed by atoms with Gasteiger partial charge in [-0.1, -0.05) is 30.3 Å². The van der Waals surface area contributed by atoms with Crippen LogP contribution in [0.25, 0.3) is 0 Å². The van der Waals surface area contributed by atoms with E-state index in [1.165, 1.54) is 6.92 Å². The predicted molar refractivity (Wildman–Crippen MR) is 90.5 cm³/mol. The van der Waals surface area contributed by atoms with Crippen LogP contribution in [0.5, 0.6) is 0 Å². The molecule has 0 saturated carbocycles. The first-order valence-corrected chi connectivity index (χ1v) is 9.57. The molecule has 1 heterocycles. The fourth-order valence-electron chi connectivity index (χ4n) is 2.59. The Bertz CT molecular complexity index is 668. The summed E-state index contributed by atoms with van der Waals surface area (Å²) in [6.07, 6.45) is 0.119.